The van der Waals surface area contributed by atoms with E-state index in [1.165, 1.54) is 32.1 Å². The molecule has 2 heteroatoms. The predicted octanol–water partition coefficient (Wildman–Crippen LogP) is 2.32. The van der Waals surface area contributed by atoms with Gasteiger partial charge in [-0.2, -0.15) is 0 Å². The maximum absolute atomic E-state index is 10.1. The second kappa shape index (κ2) is 4.42. The first-order valence-electron chi connectivity index (χ1n) is 6.50. The van der Waals surface area contributed by atoms with Crippen molar-refractivity contribution in [3.8, 4) is 0 Å². The smallest absolute Gasteiger partial charge is 0.0583 e. The molecule has 3 atom stereocenters. The maximum Gasteiger partial charge on any atom is 0.0583 e. The fraction of sp³-hybridized carbons (Fsp3) is 1.00. The van der Waals surface area contributed by atoms with Gasteiger partial charge in [0, 0.05) is 12.0 Å². The summed E-state index contributed by atoms with van der Waals surface area (Å²) in [5, 5.41) is 13.7. The lowest BCUT2D eigenvalue weighted by Gasteiger charge is -2.43. The first-order valence-corrected chi connectivity index (χ1v) is 6.50. The summed E-state index contributed by atoms with van der Waals surface area (Å²) >= 11 is 0. The van der Waals surface area contributed by atoms with Crippen LogP contribution in [-0.2, 0) is 0 Å². The number of nitrogens with one attached hydrogen (secondary N) is 1. The van der Waals surface area contributed by atoms with Crippen molar-refractivity contribution in [2.24, 2.45) is 11.3 Å². The van der Waals surface area contributed by atoms with Crippen molar-refractivity contribution >= 4 is 0 Å². The molecule has 1 aliphatic heterocycles. The van der Waals surface area contributed by atoms with Gasteiger partial charge in [0.1, 0.15) is 0 Å². The molecule has 0 aromatic carbocycles. The minimum atomic E-state index is -0.0615. The van der Waals surface area contributed by atoms with E-state index in [-0.39, 0.29) is 6.10 Å². The zero-order valence-corrected chi connectivity index (χ0v) is 10.1. The van der Waals surface area contributed by atoms with Gasteiger partial charge >= 0.3 is 0 Å². The molecule has 0 spiro atoms. The van der Waals surface area contributed by atoms with Crippen LogP contribution in [0.1, 0.15) is 52.4 Å². The van der Waals surface area contributed by atoms with Gasteiger partial charge in [-0.25, -0.2) is 0 Å². The number of piperidine rings is 1. The molecular formula is C13H25NO. The molecule has 2 nitrogen and oxygen atoms in total. The molecule has 0 amide bonds. The summed E-state index contributed by atoms with van der Waals surface area (Å²) < 4.78 is 0. The molecule has 0 bridgehead atoms. The second-order valence-corrected chi connectivity index (χ2v) is 6.19. The number of rotatable bonds is 1. The average molecular weight is 211 g/mol. The fourth-order valence-corrected chi connectivity index (χ4v) is 3.28. The van der Waals surface area contributed by atoms with E-state index in [1.54, 1.807) is 0 Å². The van der Waals surface area contributed by atoms with Gasteiger partial charge in [0.05, 0.1) is 6.10 Å². The van der Waals surface area contributed by atoms with Crippen molar-refractivity contribution in [1.29, 1.82) is 0 Å². The molecule has 2 fully saturated rings. The van der Waals surface area contributed by atoms with Crippen LogP contribution < -0.4 is 5.32 Å². The molecule has 0 radical (unpaired) electrons. The van der Waals surface area contributed by atoms with Gasteiger partial charge in [-0.1, -0.05) is 20.3 Å². The van der Waals surface area contributed by atoms with E-state index in [4.69, 9.17) is 0 Å². The highest BCUT2D eigenvalue weighted by atomic mass is 16.3. The van der Waals surface area contributed by atoms with Crippen LogP contribution in [0.3, 0.4) is 0 Å². The Morgan fingerprint density at radius 3 is 2.67 bits per heavy atom. The molecular weight excluding hydrogens is 186 g/mol. The van der Waals surface area contributed by atoms with E-state index in [1.807, 2.05) is 0 Å². The summed E-state index contributed by atoms with van der Waals surface area (Å²) in [4.78, 5) is 0. The van der Waals surface area contributed by atoms with Gasteiger partial charge in [-0.15, -0.1) is 0 Å². The first kappa shape index (κ1) is 11.4. The minimum Gasteiger partial charge on any atom is -0.393 e. The Kier molecular flexibility index (Phi) is 3.36. The Balaban J connectivity index is 1.98. The summed E-state index contributed by atoms with van der Waals surface area (Å²) in [5.41, 5.74) is 0.434. The lowest BCUT2D eigenvalue weighted by Crippen LogP contribution is -2.48. The van der Waals surface area contributed by atoms with Crippen LogP contribution in [0.4, 0.5) is 0 Å². The molecule has 3 unspecified atom stereocenters. The summed E-state index contributed by atoms with van der Waals surface area (Å²) in [6.45, 7) is 5.83. The molecule has 1 saturated carbocycles. The van der Waals surface area contributed by atoms with Crippen LogP contribution in [0.15, 0.2) is 0 Å². The van der Waals surface area contributed by atoms with Crippen molar-refractivity contribution in [2.45, 2.75) is 64.5 Å². The fourth-order valence-electron chi connectivity index (χ4n) is 3.28. The lowest BCUT2D eigenvalue weighted by molar-refractivity contribution is -0.00117. The maximum atomic E-state index is 10.1. The van der Waals surface area contributed by atoms with E-state index in [0.29, 0.717) is 17.4 Å². The summed E-state index contributed by atoms with van der Waals surface area (Å²) in [5.74, 6) is 0.494. The normalized spacial score (nSPS) is 41.4. The highest BCUT2D eigenvalue weighted by Crippen LogP contribution is 2.41. The van der Waals surface area contributed by atoms with Crippen molar-refractivity contribution < 1.29 is 5.11 Å². The van der Waals surface area contributed by atoms with Gasteiger partial charge in [0.25, 0.3) is 0 Å². The Hall–Kier alpha value is -0.0800. The molecule has 2 N–H and O–H groups in total. The van der Waals surface area contributed by atoms with Crippen LogP contribution >= 0.6 is 0 Å². The molecule has 1 heterocycles. The molecule has 0 aromatic heterocycles. The number of hydrogen-bond acceptors (Lipinski definition) is 2. The number of aliphatic hydroxyl groups excluding tert-OH is 1. The van der Waals surface area contributed by atoms with Crippen molar-refractivity contribution in [1.82, 2.24) is 5.32 Å². The van der Waals surface area contributed by atoms with Gasteiger partial charge in [0.15, 0.2) is 0 Å². The molecule has 2 aliphatic rings. The molecule has 2 rings (SSSR count). The predicted molar refractivity (Wildman–Crippen MR) is 62.8 cm³/mol. The molecule has 88 valence electrons. The highest BCUT2D eigenvalue weighted by molar-refractivity contribution is 4.92. The Morgan fingerprint density at radius 1 is 1.20 bits per heavy atom. The van der Waals surface area contributed by atoms with E-state index < -0.39 is 0 Å². The molecule has 1 saturated heterocycles. The third kappa shape index (κ3) is 2.73. The Labute approximate surface area is 93.5 Å². The number of aliphatic hydroxyl groups is 1. The van der Waals surface area contributed by atoms with E-state index in [2.05, 4.69) is 19.2 Å². The van der Waals surface area contributed by atoms with Gasteiger partial charge < -0.3 is 10.4 Å². The summed E-state index contributed by atoms with van der Waals surface area (Å²) in [6.07, 6.45) is 7.20. The number of hydrogen-bond donors (Lipinski definition) is 2. The van der Waals surface area contributed by atoms with Gasteiger partial charge in [-0.3, -0.25) is 0 Å². The van der Waals surface area contributed by atoms with Crippen LogP contribution in [-0.4, -0.2) is 23.8 Å². The SMILES string of the molecule is CC1(C)CCC(O)C(C2CCCCN2)C1. The van der Waals surface area contributed by atoms with E-state index >= 15 is 0 Å². The Bertz CT molecular complexity index is 209. The average Bonchev–Trinajstić information content (AvgIpc) is 2.23. The van der Waals surface area contributed by atoms with Crippen molar-refractivity contribution in [3.05, 3.63) is 0 Å². The standard InChI is InChI=1S/C13H25NO/c1-13(2)7-6-12(15)10(9-13)11-5-3-4-8-14-11/h10-12,14-15H,3-9H2,1-2H3. The van der Waals surface area contributed by atoms with Crippen LogP contribution in [0, 0.1) is 11.3 Å². The Morgan fingerprint density at radius 2 is 2.00 bits per heavy atom. The minimum absolute atomic E-state index is 0.0615. The molecule has 15 heavy (non-hydrogen) atoms. The lowest BCUT2D eigenvalue weighted by atomic mass is 9.67. The topological polar surface area (TPSA) is 32.3 Å². The zero-order chi connectivity index (χ0) is 10.9. The van der Waals surface area contributed by atoms with Crippen molar-refractivity contribution in [3.63, 3.8) is 0 Å². The summed E-state index contributed by atoms with van der Waals surface area (Å²) in [7, 11) is 0. The van der Waals surface area contributed by atoms with Gasteiger partial charge in [-0.05, 0) is 44.1 Å². The molecule has 0 aromatic rings. The van der Waals surface area contributed by atoms with Crippen LogP contribution in [0.2, 0.25) is 0 Å². The summed E-state index contributed by atoms with van der Waals surface area (Å²) in [6, 6.07) is 0.577. The van der Waals surface area contributed by atoms with Gasteiger partial charge in [0.2, 0.25) is 0 Å². The van der Waals surface area contributed by atoms with Crippen molar-refractivity contribution in [2.75, 3.05) is 6.54 Å². The first-order chi connectivity index (χ1) is 7.08. The largest absolute Gasteiger partial charge is 0.393 e. The van der Waals surface area contributed by atoms with Crippen LogP contribution in [0.25, 0.3) is 0 Å². The third-order valence-electron chi connectivity index (χ3n) is 4.26. The van der Waals surface area contributed by atoms with Crippen LogP contribution in [0.5, 0.6) is 0 Å². The molecule has 1 aliphatic carbocycles. The zero-order valence-electron chi connectivity index (χ0n) is 10.1. The second-order valence-electron chi connectivity index (χ2n) is 6.19. The third-order valence-corrected chi connectivity index (χ3v) is 4.26. The van der Waals surface area contributed by atoms with E-state index in [9.17, 15) is 5.11 Å². The monoisotopic (exact) mass is 211 g/mol. The quantitative estimate of drug-likeness (QED) is 0.697. The highest BCUT2D eigenvalue weighted by Gasteiger charge is 2.38. The van der Waals surface area contributed by atoms with E-state index in [0.717, 1.165) is 13.0 Å².